The van der Waals surface area contributed by atoms with Crippen LogP contribution >= 0.6 is 0 Å². The van der Waals surface area contributed by atoms with E-state index in [2.05, 4.69) is 25.3 Å². The number of hydrogen-bond donors (Lipinski definition) is 1. The van der Waals surface area contributed by atoms with E-state index in [4.69, 9.17) is 4.52 Å². The van der Waals surface area contributed by atoms with E-state index < -0.39 is 0 Å². The number of aromatic nitrogens is 2. The largest absolute Gasteiger partial charge is 0.338 e. The molecule has 0 aromatic carbocycles. The highest BCUT2D eigenvalue weighted by Crippen LogP contribution is 2.09. The number of carbonyl (C=O) groups is 1. The lowest BCUT2D eigenvalue weighted by molar-refractivity contribution is -0.117. The van der Waals surface area contributed by atoms with Crippen LogP contribution in [0.15, 0.2) is 35.0 Å². The van der Waals surface area contributed by atoms with E-state index in [-0.39, 0.29) is 5.91 Å². The van der Waals surface area contributed by atoms with Gasteiger partial charge in [-0.15, -0.1) is 0 Å². The minimum atomic E-state index is -0.0701. The fraction of sp³-hybridized carbons (Fsp3) is 0.438. The molecule has 0 bridgehead atoms. The molecule has 1 fully saturated rings. The van der Waals surface area contributed by atoms with Crippen LogP contribution in [0.1, 0.15) is 11.4 Å². The summed E-state index contributed by atoms with van der Waals surface area (Å²) in [6.07, 6.45) is 1.82. The molecule has 0 unspecified atom stereocenters. The Balaban J connectivity index is 1.41. The molecule has 23 heavy (non-hydrogen) atoms. The molecule has 1 aliphatic rings. The monoisotopic (exact) mass is 315 g/mol. The first-order valence-corrected chi connectivity index (χ1v) is 7.77. The van der Waals surface area contributed by atoms with Crippen LogP contribution < -0.4 is 5.32 Å². The molecule has 7 heteroatoms. The summed E-state index contributed by atoms with van der Waals surface area (Å²) in [5, 5.41) is 6.48. The molecule has 122 valence electrons. The number of pyridine rings is 1. The Morgan fingerprint density at radius 1 is 1.26 bits per heavy atom. The Hall–Kier alpha value is -2.25. The zero-order valence-corrected chi connectivity index (χ0v) is 13.2. The number of amides is 1. The molecule has 7 nitrogen and oxygen atoms in total. The van der Waals surface area contributed by atoms with Gasteiger partial charge in [0, 0.05) is 45.0 Å². The number of piperazine rings is 1. The highest BCUT2D eigenvalue weighted by Gasteiger charge is 2.19. The molecule has 3 heterocycles. The van der Waals surface area contributed by atoms with Gasteiger partial charge in [0.05, 0.1) is 17.9 Å². The summed E-state index contributed by atoms with van der Waals surface area (Å²) in [5.41, 5.74) is 1.84. The number of carbonyl (C=O) groups excluding carboxylic acids is 1. The number of nitrogens with zero attached hydrogens (tertiary/aromatic N) is 4. The molecule has 0 spiro atoms. The smallest absolute Gasteiger partial charge is 0.240 e. The maximum absolute atomic E-state index is 12.0. The van der Waals surface area contributed by atoms with E-state index in [0.717, 1.165) is 44.1 Å². The molecule has 0 radical (unpaired) electrons. The third kappa shape index (κ3) is 4.61. The van der Waals surface area contributed by atoms with Crippen molar-refractivity contribution in [2.24, 2.45) is 0 Å². The summed E-state index contributed by atoms with van der Waals surface area (Å²) in [7, 11) is 0. The van der Waals surface area contributed by atoms with E-state index in [0.29, 0.717) is 12.4 Å². The van der Waals surface area contributed by atoms with Gasteiger partial charge in [0.25, 0.3) is 0 Å². The van der Waals surface area contributed by atoms with Crippen molar-refractivity contribution in [3.8, 4) is 0 Å². The predicted octanol–water partition coefficient (Wildman–Crippen LogP) is 1.13. The van der Waals surface area contributed by atoms with Crippen molar-refractivity contribution in [2.45, 2.75) is 13.5 Å². The van der Waals surface area contributed by atoms with E-state index in [1.807, 2.05) is 31.3 Å². The van der Waals surface area contributed by atoms with Crippen LogP contribution in [0.2, 0.25) is 0 Å². The second-order valence-electron chi connectivity index (χ2n) is 5.75. The maximum atomic E-state index is 12.0. The molecule has 1 saturated heterocycles. The number of hydrogen-bond acceptors (Lipinski definition) is 6. The van der Waals surface area contributed by atoms with Crippen molar-refractivity contribution in [2.75, 3.05) is 38.0 Å². The summed E-state index contributed by atoms with van der Waals surface area (Å²) < 4.78 is 4.99. The van der Waals surface area contributed by atoms with Gasteiger partial charge < -0.3 is 4.52 Å². The van der Waals surface area contributed by atoms with Crippen molar-refractivity contribution in [1.82, 2.24) is 19.9 Å². The summed E-state index contributed by atoms with van der Waals surface area (Å²) in [5.74, 6) is 0.334. The van der Waals surface area contributed by atoms with Crippen molar-refractivity contribution >= 4 is 11.8 Å². The predicted molar refractivity (Wildman–Crippen MR) is 85.8 cm³/mol. The second-order valence-corrected chi connectivity index (χ2v) is 5.75. The summed E-state index contributed by atoms with van der Waals surface area (Å²) in [4.78, 5) is 20.9. The zero-order chi connectivity index (χ0) is 16.1. The van der Waals surface area contributed by atoms with Gasteiger partial charge in [-0.2, -0.15) is 0 Å². The second kappa shape index (κ2) is 7.34. The third-order valence-electron chi connectivity index (χ3n) is 3.83. The Bertz CT molecular complexity index is 635. The van der Waals surface area contributed by atoms with E-state index in [1.165, 1.54) is 0 Å². The Morgan fingerprint density at radius 2 is 2.04 bits per heavy atom. The molecule has 1 amide bonds. The number of rotatable bonds is 5. The van der Waals surface area contributed by atoms with Gasteiger partial charge in [0.2, 0.25) is 11.8 Å². The van der Waals surface area contributed by atoms with E-state index >= 15 is 0 Å². The van der Waals surface area contributed by atoms with Gasteiger partial charge in [-0.3, -0.25) is 24.9 Å². The lowest BCUT2D eigenvalue weighted by Crippen LogP contribution is -2.48. The molecular weight excluding hydrogens is 294 g/mol. The lowest BCUT2D eigenvalue weighted by atomic mass is 10.2. The number of nitrogens with one attached hydrogen (secondary N) is 1. The van der Waals surface area contributed by atoms with Crippen LogP contribution in [0.3, 0.4) is 0 Å². The van der Waals surface area contributed by atoms with Crippen LogP contribution in [0.4, 0.5) is 5.88 Å². The average molecular weight is 315 g/mol. The quantitative estimate of drug-likeness (QED) is 0.892. The van der Waals surface area contributed by atoms with E-state index in [9.17, 15) is 4.79 Å². The molecular formula is C16H21N5O2. The van der Waals surface area contributed by atoms with Crippen molar-refractivity contribution < 1.29 is 9.32 Å². The fourth-order valence-corrected chi connectivity index (χ4v) is 2.63. The average Bonchev–Trinajstić information content (AvgIpc) is 2.95. The van der Waals surface area contributed by atoms with Gasteiger partial charge in [0.15, 0.2) is 0 Å². The molecule has 2 aromatic rings. The lowest BCUT2D eigenvalue weighted by Gasteiger charge is -2.33. The van der Waals surface area contributed by atoms with Crippen LogP contribution in [0, 0.1) is 6.92 Å². The number of anilines is 1. The van der Waals surface area contributed by atoms with Gasteiger partial charge in [-0.25, -0.2) is 0 Å². The maximum Gasteiger partial charge on any atom is 0.240 e. The standard InChI is InChI=1S/C16H21N5O2/c1-13-10-16(23-19-13)18-15(22)12-21-8-6-20(7-9-21)11-14-4-2-3-5-17-14/h2-5,10H,6-9,11-12H2,1H3,(H,18,22). The first kappa shape index (κ1) is 15.6. The van der Waals surface area contributed by atoms with Crippen LogP contribution in [0.25, 0.3) is 0 Å². The van der Waals surface area contributed by atoms with Crippen LogP contribution in [0.5, 0.6) is 0 Å². The van der Waals surface area contributed by atoms with Gasteiger partial charge in [0.1, 0.15) is 0 Å². The SMILES string of the molecule is Cc1cc(NC(=O)CN2CCN(Cc3ccccn3)CC2)on1. The summed E-state index contributed by atoms with van der Waals surface area (Å²) in [6, 6.07) is 7.69. The topological polar surface area (TPSA) is 74.5 Å². The van der Waals surface area contributed by atoms with Crippen LogP contribution in [-0.2, 0) is 11.3 Å². The van der Waals surface area contributed by atoms with Crippen molar-refractivity contribution in [1.29, 1.82) is 0 Å². The first-order chi connectivity index (χ1) is 11.2. The van der Waals surface area contributed by atoms with Crippen molar-refractivity contribution in [3.05, 3.63) is 41.9 Å². The Kier molecular flexibility index (Phi) is 4.99. The molecule has 0 atom stereocenters. The molecule has 1 N–H and O–H groups in total. The fourth-order valence-electron chi connectivity index (χ4n) is 2.63. The minimum Gasteiger partial charge on any atom is -0.338 e. The molecule has 3 rings (SSSR count). The molecule has 0 aliphatic carbocycles. The van der Waals surface area contributed by atoms with E-state index in [1.54, 1.807) is 6.07 Å². The highest BCUT2D eigenvalue weighted by atomic mass is 16.5. The Morgan fingerprint density at radius 3 is 2.70 bits per heavy atom. The minimum absolute atomic E-state index is 0.0701. The normalized spacial score (nSPS) is 16.4. The highest BCUT2D eigenvalue weighted by molar-refractivity contribution is 5.90. The number of aryl methyl sites for hydroxylation is 1. The van der Waals surface area contributed by atoms with Crippen molar-refractivity contribution in [3.63, 3.8) is 0 Å². The molecule has 2 aromatic heterocycles. The Labute approximate surface area is 135 Å². The molecule has 1 aliphatic heterocycles. The zero-order valence-electron chi connectivity index (χ0n) is 13.2. The summed E-state index contributed by atoms with van der Waals surface area (Å²) >= 11 is 0. The van der Waals surface area contributed by atoms with Gasteiger partial charge >= 0.3 is 0 Å². The third-order valence-corrected chi connectivity index (χ3v) is 3.83. The van der Waals surface area contributed by atoms with Gasteiger partial charge in [-0.05, 0) is 19.1 Å². The molecule has 0 saturated carbocycles. The summed E-state index contributed by atoms with van der Waals surface area (Å²) in [6.45, 7) is 6.66. The van der Waals surface area contributed by atoms with Crippen LogP contribution in [-0.4, -0.2) is 58.6 Å². The first-order valence-electron chi connectivity index (χ1n) is 7.77. The van der Waals surface area contributed by atoms with Gasteiger partial charge in [-0.1, -0.05) is 11.2 Å².